The first-order valence-electron chi connectivity index (χ1n) is 5.33. The van der Waals surface area contributed by atoms with Crippen LogP contribution in [-0.2, 0) is 0 Å². The molecule has 1 aromatic heterocycles. The largest absolute Gasteiger partial charge is 0.505 e. The highest BCUT2D eigenvalue weighted by Crippen LogP contribution is 2.27. The van der Waals surface area contributed by atoms with Gasteiger partial charge < -0.3 is 15.5 Å². The zero-order valence-electron chi connectivity index (χ0n) is 9.87. The fourth-order valence-electron chi connectivity index (χ4n) is 1.45. The third-order valence-corrected chi connectivity index (χ3v) is 2.53. The maximum Gasteiger partial charge on any atom is 0.339 e. The Morgan fingerprint density at radius 1 is 1.25 bits per heavy atom. The first-order chi connectivity index (χ1) is 9.49. The van der Waals surface area contributed by atoms with Crippen LogP contribution >= 0.6 is 11.6 Å². The predicted molar refractivity (Wildman–Crippen MR) is 70.1 cm³/mol. The molecule has 2 aromatic rings. The van der Waals surface area contributed by atoms with Gasteiger partial charge in [0.25, 0.3) is 5.91 Å². The van der Waals surface area contributed by atoms with E-state index in [0.717, 1.165) is 0 Å². The Morgan fingerprint density at radius 2 is 2.00 bits per heavy atom. The highest BCUT2D eigenvalue weighted by atomic mass is 35.5. The minimum Gasteiger partial charge on any atom is -0.505 e. The van der Waals surface area contributed by atoms with E-state index in [9.17, 15) is 14.7 Å². The van der Waals surface area contributed by atoms with Gasteiger partial charge in [0.2, 0.25) is 0 Å². The first-order valence-corrected chi connectivity index (χ1v) is 5.71. The van der Waals surface area contributed by atoms with Crippen LogP contribution in [-0.4, -0.2) is 32.1 Å². The monoisotopic (exact) mass is 293 g/mol. The van der Waals surface area contributed by atoms with E-state index in [2.05, 4.69) is 15.3 Å². The summed E-state index contributed by atoms with van der Waals surface area (Å²) in [4.78, 5) is 30.2. The van der Waals surface area contributed by atoms with E-state index in [4.69, 9.17) is 16.7 Å². The Bertz CT molecular complexity index is 690. The van der Waals surface area contributed by atoms with Crippen LogP contribution in [0.2, 0.25) is 5.15 Å². The molecule has 0 spiro atoms. The average Bonchev–Trinajstić information content (AvgIpc) is 2.40. The lowest BCUT2D eigenvalue weighted by atomic mass is 10.1. The highest BCUT2D eigenvalue weighted by molar-refractivity contribution is 6.29. The van der Waals surface area contributed by atoms with Gasteiger partial charge in [-0.3, -0.25) is 9.78 Å². The summed E-state index contributed by atoms with van der Waals surface area (Å²) in [5, 5.41) is 21.0. The number of aromatic hydroxyl groups is 1. The SMILES string of the molecule is O=C(Nc1cccc(C(=O)O)c1O)c1cncc(Cl)n1. The summed E-state index contributed by atoms with van der Waals surface area (Å²) in [7, 11) is 0. The number of nitrogens with zero attached hydrogens (tertiary/aromatic N) is 2. The van der Waals surface area contributed by atoms with Crippen LogP contribution in [0.3, 0.4) is 0 Å². The zero-order chi connectivity index (χ0) is 14.7. The van der Waals surface area contributed by atoms with Gasteiger partial charge in [0, 0.05) is 0 Å². The lowest BCUT2D eigenvalue weighted by Crippen LogP contribution is -2.14. The molecule has 0 fully saturated rings. The van der Waals surface area contributed by atoms with E-state index in [1.807, 2.05) is 0 Å². The number of nitrogens with one attached hydrogen (secondary N) is 1. The number of carbonyl (C=O) groups is 2. The second-order valence-corrected chi connectivity index (χ2v) is 4.08. The first kappa shape index (κ1) is 13.8. The van der Waals surface area contributed by atoms with Gasteiger partial charge in [-0.05, 0) is 12.1 Å². The van der Waals surface area contributed by atoms with Crippen LogP contribution in [0.1, 0.15) is 20.8 Å². The molecule has 1 aromatic carbocycles. The molecule has 2 rings (SSSR count). The Labute approximate surface area is 117 Å². The van der Waals surface area contributed by atoms with Crippen molar-refractivity contribution >= 4 is 29.2 Å². The number of carboxylic acids is 1. The fourth-order valence-corrected chi connectivity index (χ4v) is 1.60. The number of carboxylic acid groups (broad SMARTS) is 1. The number of amides is 1. The van der Waals surface area contributed by atoms with E-state index in [1.54, 1.807) is 0 Å². The van der Waals surface area contributed by atoms with Gasteiger partial charge >= 0.3 is 5.97 Å². The second kappa shape index (κ2) is 5.54. The number of hydrogen-bond donors (Lipinski definition) is 3. The summed E-state index contributed by atoms with van der Waals surface area (Å²) < 4.78 is 0. The Hall–Kier alpha value is -2.67. The van der Waals surface area contributed by atoms with E-state index in [0.29, 0.717) is 0 Å². The Balaban J connectivity index is 2.29. The normalized spacial score (nSPS) is 10.1. The van der Waals surface area contributed by atoms with Crippen molar-refractivity contribution in [3.63, 3.8) is 0 Å². The molecule has 0 aliphatic carbocycles. The molecular formula is C12H8ClN3O4. The zero-order valence-corrected chi connectivity index (χ0v) is 10.6. The van der Waals surface area contributed by atoms with Gasteiger partial charge in [-0.25, -0.2) is 9.78 Å². The second-order valence-electron chi connectivity index (χ2n) is 3.69. The van der Waals surface area contributed by atoms with E-state index in [1.165, 1.54) is 30.6 Å². The summed E-state index contributed by atoms with van der Waals surface area (Å²) >= 11 is 5.61. The molecule has 0 bridgehead atoms. The number of aromatic nitrogens is 2. The lowest BCUT2D eigenvalue weighted by Gasteiger charge is -2.08. The molecule has 0 saturated carbocycles. The minimum atomic E-state index is -1.30. The minimum absolute atomic E-state index is 0.0427. The van der Waals surface area contributed by atoms with E-state index < -0.39 is 17.6 Å². The summed E-state index contributed by atoms with van der Waals surface area (Å²) in [6.07, 6.45) is 2.46. The smallest absolute Gasteiger partial charge is 0.339 e. The number of rotatable bonds is 3. The van der Waals surface area contributed by atoms with Crippen LogP contribution in [0.15, 0.2) is 30.6 Å². The molecule has 0 aliphatic heterocycles. The summed E-state index contributed by atoms with van der Waals surface area (Å²) in [5.74, 6) is -2.51. The molecule has 1 amide bonds. The molecule has 0 radical (unpaired) electrons. The number of hydrogen-bond acceptors (Lipinski definition) is 5. The van der Waals surface area contributed by atoms with Crippen LogP contribution in [0.25, 0.3) is 0 Å². The molecule has 0 atom stereocenters. The third kappa shape index (κ3) is 2.83. The molecule has 8 heteroatoms. The number of carbonyl (C=O) groups excluding carboxylic acids is 1. The molecule has 0 unspecified atom stereocenters. The Morgan fingerprint density at radius 3 is 2.65 bits per heavy atom. The maximum absolute atomic E-state index is 11.9. The van der Waals surface area contributed by atoms with E-state index in [-0.39, 0.29) is 22.1 Å². The molecular weight excluding hydrogens is 286 g/mol. The molecule has 7 nitrogen and oxygen atoms in total. The molecule has 0 saturated heterocycles. The summed E-state index contributed by atoms with van der Waals surface area (Å²) in [5.41, 5.74) is -0.422. The van der Waals surface area contributed by atoms with Crippen molar-refractivity contribution < 1.29 is 19.8 Å². The van der Waals surface area contributed by atoms with Crippen molar-refractivity contribution in [2.75, 3.05) is 5.32 Å². The van der Waals surface area contributed by atoms with Crippen LogP contribution in [0, 0.1) is 0 Å². The predicted octanol–water partition coefficient (Wildman–Crippen LogP) is 1.79. The van der Waals surface area contributed by atoms with Crippen molar-refractivity contribution in [1.29, 1.82) is 0 Å². The van der Waals surface area contributed by atoms with Gasteiger partial charge in [0.15, 0.2) is 5.75 Å². The van der Waals surface area contributed by atoms with Crippen molar-refractivity contribution in [2.45, 2.75) is 0 Å². The third-order valence-electron chi connectivity index (χ3n) is 2.35. The number of aromatic carboxylic acids is 1. The number of phenols is 1. The average molecular weight is 294 g/mol. The van der Waals surface area contributed by atoms with Crippen molar-refractivity contribution in [1.82, 2.24) is 9.97 Å². The van der Waals surface area contributed by atoms with Crippen LogP contribution in [0.4, 0.5) is 5.69 Å². The van der Waals surface area contributed by atoms with Crippen LogP contribution < -0.4 is 5.32 Å². The summed E-state index contributed by atoms with van der Waals surface area (Å²) in [6, 6.07) is 3.96. The molecule has 20 heavy (non-hydrogen) atoms. The van der Waals surface area contributed by atoms with Gasteiger partial charge in [-0.15, -0.1) is 0 Å². The van der Waals surface area contributed by atoms with Crippen molar-refractivity contribution in [2.24, 2.45) is 0 Å². The van der Waals surface area contributed by atoms with Crippen LogP contribution in [0.5, 0.6) is 5.75 Å². The molecule has 1 heterocycles. The van der Waals surface area contributed by atoms with Gasteiger partial charge in [0.05, 0.1) is 18.1 Å². The quantitative estimate of drug-likeness (QED) is 0.744. The van der Waals surface area contributed by atoms with Gasteiger partial charge in [-0.1, -0.05) is 17.7 Å². The highest BCUT2D eigenvalue weighted by Gasteiger charge is 2.16. The van der Waals surface area contributed by atoms with Crippen molar-refractivity contribution in [3.8, 4) is 5.75 Å². The standard InChI is InChI=1S/C12H8ClN3O4/c13-9-5-14-4-8(15-9)11(18)16-7-3-1-2-6(10(7)17)12(19)20/h1-5,17H,(H,16,18)(H,19,20). The number of anilines is 1. The Kier molecular flexibility index (Phi) is 3.81. The van der Waals surface area contributed by atoms with Crippen molar-refractivity contribution in [3.05, 3.63) is 47.0 Å². The number of halogens is 1. The topological polar surface area (TPSA) is 112 Å². The maximum atomic E-state index is 11.9. The van der Waals surface area contributed by atoms with Gasteiger partial charge in [-0.2, -0.15) is 0 Å². The summed E-state index contributed by atoms with van der Waals surface area (Å²) in [6.45, 7) is 0. The lowest BCUT2D eigenvalue weighted by molar-refractivity contribution is 0.0693. The van der Waals surface area contributed by atoms with E-state index >= 15 is 0 Å². The number of para-hydroxylation sites is 1. The molecule has 0 aliphatic rings. The molecule has 102 valence electrons. The number of benzene rings is 1. The van der Waals surface area contributed by atoms with Gasteiger partial charge in [0.1, 0.15) is 16.4 Å². The molecule has 3 N–H and O–H groups in total. The fraction of sp³-hybridized carbons (Fsp3) is 0.